The van der Waals surface area contributed by atoms with Gasteiger partial charge < -0.3 is 5.61 Å². The third kappa shape index (κ3) is 9.08. The average molecular weight is 236 g/mol. The van der Waals surface area contributed by atoms with Gasteiger partial charge in [0.25, 0.3) is 0 Å². The van der Waals surface area contributed by atoms with Gasteiger partial charge in [0.2, 0.25) is 0 Å². The first-order valence-corrected chi connectivity index (χ1v) is 5.78. The van der Waals surface area contributed by atoms with E-state index < -0.39 is 16.1 Å². The van der Waals surface area contributed by atoms with Crippen LogP contribution in [0.1, 0.15) is 21.2 Å². The van der Waals surface area contributed by atoms with Crippen molar-refractivity contribution < 1.29 is 48.4 Å². The molecule has 0 rings (SSSR count). The average Bonchev–Trinajstić information content (AvgIpc) is 1.85. The van der Waals surface area contributed by atoms with Crippen molar-refractivity contribution >= 4 is 28.7 Å². The first kappa shape index (κ1) is 16.2. The minimum Gasteiger partial charge on any atom is -1.00 e. The number of carbonyl (C=O) groups excluding carboxylic acids is 1. The molecule has 0 spiro atoms. The maximum Gasteiger partial charge on any atom is 1.00 e. The van der Waals surface area contributed by atoms with E-state index in [4.69, 9.17) is 0 Å². The van der Waals surface area contributed by atoms with Crippen molar-refractivity contribution in [3.8, 4) is 0 Å². The van der Waals surface area contributed by atoms with Crippen molar-refractivity contribution in [3.05, 3.63) is 0 Å². The Hall–Kier alpha value is 0.770. The molecular weight excluding hydrogens is 223 g/mol. The Bertz CT molecular complexity index is 242. The first-order chi connectivity index (χ1) is 5.52. The fourth-order valence-electron chi connectivity index (χ4n) is 0.566. The van der Waals surface area contributed by atoms with Gasteiger partial charge in [0.15, 0.2) is 0 Å². The van der Waals surface area contributed by atoms with Gasteiger partial charge >= 0.3 is 45.6 Å². The van der Waals surface area contributed by atoms with E-state index in [1.165, 1.54) is 0 Å². The summed E-state index contributed by atoms with van der Waals surface area (Å²) in [5.41, 5.74) is 0. The number of hydrogen-bond acceptors (Lipinski definition) is 5. The predicted octanol–water partition coefficient (Wildman–Crippen LogP) is -2.29. The molecule has 0 aliphatic heterocycles. The van der Waals surface area contributed by atoms with Crippen molar-refractivity contribution in [3.63, 3.8) is 0 Å². The molecule has 0 saturated carbocycles. The Morgan fingerprint density at radius 1 is 1.54 bits per heavy atom. The monoisotopic (exact) mass is 236 g/mol. The van der Waals surface area contributed by atoms with Crippen LogP contribution in [0.25, 0.3) is 0 Å². The smallest absolute Gasteiger partial charge is 1.00 e. The summed E-state index contributed by atoms with van der Waals surface area (Å²) in [7, 11) is -3.64. The maximum absolute atomic E-state index is 10.8. The zero-order chi connectivity index (χ0) is 9.61. The molecule has 0 radical (unpaired) electrons. The molecular formula is C6H13NaO4S2. The summed E-state index contributed by atoms with van der Waals surface area (Å²) in [6, 6.07) is 0. The Morgan fingerprint density at radius 3 is 2.46 bits per heavy atom. The SMILES string of the molecule is CCCS(=O)(=O)OC(=O)CCS.[H-].[Na+]. The second-order valence-electron chi connectivity index (χ2n) is 2.19. The van der Waals surface area contributed by atoms with Crippen molar-refractivity contribution in [1.29, 1.82) is 0 Å². The third-order valence-corrected chi connectivity index (χ3v) is 2.56. The largest absolute Gasteiger partial charge is 1.00 e. The Morgan fingerprint density at radius 2 is 2.08 bits per heavy atom. The van der Waals surface area contributed by atoms with Crippen LogP contribution in [0.2, 0.25) is 0 Å². The van der Waals surface area contributed by atoms with Crippen LogP contribution in [-0.4, -0.2) is 25.9 Å². The summed E-state index contributed by atoms with van der Waals surface area (Å²) in [5, 5.41) is 0. The molecule has 13 heavy (non-hydrogen) atoms. The molecule has 0 aliphatic rings. The molecule has 4 nitrogen and oxygen atoms in total. The fourth-order valence-corrected chi connectivity index (χ4v) is 1.70. The minimum atomic E-state index is -3.64. The molecule has 7 heteroatoms. The quantitative estimate of drug-likeness (QED) is 0.331. The Kier molecular flexibility index (Phi) is 10.1. The first-order valence-electron chi connectivity index (χ1n) is 3.57. The van der Waals surface area contributed by atoms with Crippen molar-refractivity contribution in [2.45, 2.75) is 19.8 Å². The van der Waals surface area contributed by atoms with Crippen LogP contribution >= 0.6 is 12.6 Å². The number of hydrogen-bond donors (Lipinski definition) is 1. The van der Waals surface area contributed by atoms with Crippen molar-refractivity contribution in [1.82, 2.24) is 0 Å². The maximum atomic E-state index is 10.8. The van der Waals surface area contributed by atoms with Gasteiger partial charge in [-0.2, -0.15) is 21.0 Å². The molecule has 0 aromatic carbocycles. The van der Waals surface area contributed by atoms with Gasteiger partial charge in [0.05, 0.1) is 12.2 Å². The second kappa shape index (κ2) is 8.11. The molecule has 0 amide bonds. The second-order valence-corrected chi connectivity index (χ2v) is 4.33. The molecule has 0 N–H and O–H groups in total. The minimum absolute atomic E-state index is 0. The summed E-state index contributed by atoms with van der Waals surface area (Å²) in [4.78, 5) is 10.7. The van der Waals surface area contributed by atoms with Crippen LogP contribution in [0.15, 0.2) is 0 Å². The van der Waals surface area contributed by atoms with E-state index in [9.17, 15) is 13.2 Å². The van der Waals surface area contributed by atoms with E-state index in [1.54, 1.807) is 6.92 Å². The van der Waals surface area contributed by atoms with Crippen LogP contribution in [-0.2, 0) is 19.1 Å². The molecule has 74 valence electrons. The van der Waals surface area contributed by atoms with Crippen LogP contribution in [0, 0.1) is 0 Å². The van der Waals surface area contributed by atoms with Crippen LogP contribution < -0.4 is 29.6 Å². The molecule has 0 heterocycles. The third-order valence-electron chi connectivity index (χ3n) is 0.990. The Labute approximate surface area is 108 Å². The zero-order valence-electron chi connectivity index (χ0n) is 8.82. The van der Waals surface area contributed by atoms with E-state index in [-0.39, 0.29) is 43.2 Å². The molecule has 0 aliphatic carbocycles. The molecule has 0 saturated heterocycles. The predicted molar refractivity (Wildman–Crippen MR) is 49.8 cm³/mol. The van der Waals surface area contributed by atoms with E-state index in [2.05, 4.69) is 16.8 Å². The number of rotatable bonds is 5. The van der Waals surface area contributed by atoms with Gasteiger partial charge in [0, 0.05) is 5.75 Å². The number of carbonyl (C=O) groups is 1. The topological polar surface area (TPSA) is 60.4 Å². The van der Waals surface area contributed by atoms with Gasteiger partial charge in [-0.25, -0.2) is 0 Å². The fraction of sp³-hybridized carbons (Fsp3) is 0.833. The van der Waals surface area contributed by atoms with Gasteiger partial charge in [0.1, 0.15) is 0 Å². The molecule has 0 fully saturated rings. The van der Waals surface area contributed by atoms with Crippen LogP contribution in [0.3, 0.4) is 0 Å². The molecule has 0 aromatic heterocycles. The van der Waals surface area contributed by atoms with Crippen LogP contribution in [0.5, 0.6) is 0 Å². The zero-order valence-corrected chi connectivity index (χ0v) is 11.5. The molecule has 0 bridgehead atoms. The standard InChI is InChI=1S/C6H12O4S2.Na.H/c1-2-5-12(8,9)10-6(7)3-4-11;;/h11H,2-5H2,1H3;;/q;+1;-1. The Balaban J connectivity index is -0.000000605. The van der Waals surface area contributed by atoms with E-state index in [0.29, 0.717) is 12.2 Å². The van der Waals surface area contributed by atoms with E-state index in [0.717, 1.165) is 0 Å². The summed E-state index contributed by atoms with van der Waals surface area (Å²) in [6.07, 6.45) is 0.461. The van der Waals surface area contributed by atoms with Gasteiger partial charge in [-0.05, 0) is 6.42 Å². The van der Waals surface area contributed by atoms with E-state index in [1.807, 2.05) is 0 Å². The number of thiol groups is 1. The summed E-state index contributed by atoms with van der Waals surface area (Å²) in [5.74, 6) is -0.565. The normalized spacial score (nSPS) is 10.3. The molecule has 0 unspecified atom stereocenters. The van der Waals surface area contributed by atoms with Gasteiger partial charge in [-0.1, -0.05) is 6.92 Å². The summed E-state index contributed by atoms with van der Waals surface area (Å²) < 4.78 is 25.9. The van der Waals surface area contributed by atoms with Crippen molar-refractivity contribution in [2.24, 2.45) is 0 Å². The van der Waals surface area contributed by atoms with Gasteiger partial charge in [-0.3, -0.25) is 4.79 Å². The summed E-state index contributed by atoms with van der Waals surface area (Å²) in [6.45, 7) is 1.70. The van der Waals surface area contributed by atoms with Crippen molar-refractivity contribution in [2.75, 3.05) is 11.5 Å². The summed E-state index contributed by atoms with van der Waals surface area (Å²) >= 11 is 3.77. The van der Waals surface area contributed by atoms with E-state index >= 15 is 0 Å². The molecule has 0 atom stereocenters. The van der Waals surface area contributed by atoms with Crippen LogP contribution in [0.4, 0.5) is 0 Å². The van der Waals surface area contributed by atoms with Gasteiger partial charge in [-0.15, -0.1) is 0 Å². The molecule has 0 aromatic rings.